The third kappa shape index (κ3) is 2.14. The highest BCUT2D eigenvalue weighted by atomic mass is 16.3. The molecule has 1 aromatic carbocycles. The van der Waals surface area contributed by atoms with Crippen LogP contribution in [0.15, 0.2) is 30.3 Å². The van der Waals surface area contributed by atoms with Gasteiger partial charge in [0.05, 0.1) is 6.10 Å². The summed E-state index contributed by atoms with van der Waals surface area (Å²) in [6.07, 6.45) is -0.151. The lowest BCUT2D eigenvalue weighted by molar-refractivity contribution is 0.00121. The molecule has 1 atom stereocenters. The van der Waals surface area contributed by atoms with Gasteiger partial charge in [-0.25, -0.2) is 0 Å². The summed E-state index contributed by atoms with van der Waals surface area (Å²) in [6.45, 7) is 4.97. The number of likely N-dealkylation sites (tertiary alicyclic amines) is 1. The molecule has 1 saturated heterocycles. The minimum absolute atomic E-state index is 0.151. The van der Waals surface area contributed by atoms with E-state index < -0.39 is 0 Å². The average molecular weight is 191 g/mol. The molecule has 1 fully saturated rings. The van der Waals surface area contributed by atoms with E-state index in [-0.39, 0.29) is 6.10 Å². The Hall–Kier alpha value is -0.860. The van der Waals surface area contributed by atoms with Gasteiger partial charge < -0.3 is 5.11 Å². The molecule has 14 heavy (non-hydrogen) atoms. The molecule has 0 aromatic heterocycles. The molecule has 1 aromatic rings. The maximum Gasteiger partial charge on any atom is 0.0564 e. The Bertz CT molecular complexity index is 278. The summed E-state index contributed by atoms with van der Waals surface area (Å²) >= 11 is 0. The van der Waals surface area contributed by atoms with Crippen LogP contribution in [-0.4, -0.2) is 29.2 Å². The molecule has 76 valence electrons. The molecule has 0 amide bonds. The first-order valence-electron chi connectivity index (χ1n) is 5.20. The van der Waals surface area contributed by atoms with Gasteiger partial charge in [0.2, 0.25) is 0 Å². The van der Waals surface area contributed by atoms with Crippen LogP contribution < -0.4 is 0 Å². The van der Waals surface area contributed by atoms with Gasteiger partial charge in [0.25, 0.3) is 0 Å². The number of hydrogen-bond acceptors (Lipinski definition) is 2. The molecule has 0 saturated carbocycles. The minimum atomic E-state index is -0.151. The number of rotatable bonds is 3. The number of benzene rings is 1. The zero-order valence-electron chi connectivity index (χ0n) is 8.56. The van der Waals surface area contributed by atoms with Gasteiger partial charge in [0.1, 0.15) is 0 Å². The normalized spacial score (nSPS) is 20.4. The van der Waals surface area contributed by atoms with Crippen molar-refractivity contribution in [2.24, 2.45) is 5.92 Å². The fourth-order valence-corrected chi connectivity index (χ4v) is 1.89. The van der Waals surface area contributed by atoms with E-state index in [1.165, 1.54) is 5.56 Å². The van der Waals surface area contributed by atoms with E-state index in [2.05, 4.69) is 29.2 Å². The van der Waals surface area contributed by atoms with Gasteiger partial charge >= 0.3 is 0 Å². The van der Waals surface area contributed by atoms with Crippen molar-refractivity contribution in [2.75, 3.05) is 13.1 Å². The van der Waals surface area contributed by atoms with E-state index >= 15 is 0 Å². The van der Waals surface area contributed by atoms with Crippen LogP contribution in [0.25, 0.3) is 0 Å². The maximum atomic E-state index is 9.33. The molecular formula is C12H17NO. The van der Waals surface area contributed by atoms with Crippen molar-refractivity contribution >= 4 is 0 Å². The maximum absolute atomic E-state index is 9.33. The number of aliphatic hydroxyl groups excluding tert-OH is 1. The van der Waals surface area contributed by atoms with Crippen LogP contribution in [0.4, 0.5) is 0 Å². The van der Waals surface area contributed by atoms with Crippen LogP contribution >= 0.6 is 0 Å². The van der Waals surface area contributed by atoms with Gasteiger partial charge in [-0.15, -0.1) is 0 Å². The highest BCUT2D eigenvalue weighted by Crippen LogP contribution is 2.21. The first-order valence-corrected chi connectivity index (χ1v) is 5.20. The molecule has 0 aliphatic carbocycles. The Labute approximate surface area is 85.2 Å². The Balaban J connectivity index is 1.80. The molecule has 0 bridgehead atoms. The molecule has 1 unspecified atom stereocenters. The minimum Gasteiger partial charge on any atom is -0.393 e. The summed E-state index contributed by atoms with van der Waals surface area (Å²) in [6, 6.07) is 10.5. The van der Waals surface area contributed by atoms with Gasteiger partial charge in [-0.3, -0.25) is 4.90 Å². The number of nitrogens with zero attached hydrogens (tertiary/aromatic N) is 1. The van der Waals surface area contributed by atoms with E-state index in [9.17, 15) is 5.11 Å². The van der Waals surface area contributed by atoms with Crippen molar-refractivity contribution in [3.05, 3.63) is 35.9 Å². The van der Waals surface area contributed by atoms with Crippen molar-refractivity contribution in [2.45, 2.75) is 19.6 Å². The third-order valence-electron chi connectivity index (χ3n) is 2.92. The van der Waals surface area contributed by atoms with Crippen molar-refractivity contribution in [3.8, 4) is 0 Å². The van der Waals surface area contributed by atoms with Crippen LogP contribution in [0.3, 0.4) is 0 Å². The van der Waals surface area contributed by atoms with Gasteiger partial charge in [0.15, 0.2) is 0 Å². The van der Waals surface area contributed by atoms with E-state index in [1.54, 1.807) is 0 Å². The predicted molar refractivity (Wildman–Crippen MR) is 56.9 cm³/mol. The molecule has 2 rings (SSSR count). The van der Waals surface area contributed by atoms with E-state index in [4.69, 9.17) is 0 Å². The zero-order chi connectivity index (χ0) is 9.97. The molecule has 0 radical (unpaired) electrons. The molecule has 2 heteroatoms. The SMILES string of the molecule is CC(O)C1CN(Cc2ccccc2)C1. The Morgan fingerprint density at radius 1 is 1.36 bits per heavy atom. The molecule has 2 nitrogen and oxygen atoms in total. The van der Waals surface area contributed by atoms with Crippen molar-refractivity contribution in [3.63, 3.8) is 0 Å². The molecule has 1 aliphatic rings. The van der Waals surface area contributed by atoms with Gasteiger partial charge in [0, 0.05) is 25.6 Å². The Kier molecular flexibility index (Phi) is 2.85. The predicted octanol–water partition coefficient (Wildman–Crippen LogP) is 1.50. The summed E-state index contributed by atoms with van der Waals surface area (Å²) in [5, 5.41) is 9.33. The number of hydrogen-bond donors (Lipinski definition) is 1. The topological polar surface area (TPSA) is 23.5 Å². The standard InChI is InChI=1S/C12H17NO/c1-10(14)12-8-13(9-12)7-11-5-3-2-4-6-11/h2-6,10,12,14H,7-9H2,1H3. The van der Waals surface area contributed by atoms with Gasteiger partial charge in [-0.05, 0) is 12.5 Å². The fraction of sp³-hybridized carbons (Fsp3) is 0.500. The second-order valence-electron chi connectivity index (χ2n) is 4.18. The first-order chi connectivity index (χ1) is 6.75. The lowest BCUT2D eigenvalue weighted by Gasteiger charge is -2.40. The molecule has 0 spiro atoms. The highest BCUT2D eigenvalue weighted by Gasteiger charge is 2.29. The summed E-state index contributed by atoms with van der Waals surface area (Å²) in [7, 11) is 0. The van der Waals surface area contributed by atoms with Crippen LogP contribution in [0.1, 0.15) is 12.5 Å². The smallest absolute Gasteiger partial charge is 0.0564 e. The van der Waals surface area contributed by atoms with Crippen LogP contribution in [0.5, 0.6) is 0 Å². The van der Waals surface area contributed by atoms with Crippen LogP contribution in [0.2, 0.25) is 0 Å². The van der Waals surface area contributed by atoms with E-state index in [0.717, 1.165) is 19.6 Å². The van der Waals surface area contributed by atoms with E-state index in [0.29, 0.717) is 5.92 Å². The largest absolute Gasteiger partial charge is 0.393 e. The second-order valence-corrected chi connectivity index (χ2v) is 4.18. The van der Waals surface area contributed by atoms with Gasteiger partial charge in [-0.1, -0.05) is 30.3 Å². The quantitative estimate of drug-likeness (QED) is 0.782. The Morgan fingerprint density at radius 3 is 2.57 bits per heavy atom. The molecule has 1 heterocycles. The summed E-state index contributed by atoms with van der Waals surface area (Å²) in [5.41, 5.74) is 1.36. The molecule has 1 aliphatic heterocycles. The van der Waals surface area contributed by atoms with Crippen LogP contribution in [0, 0.1) is 5.92 Å². The zero-order valence-corrected chi connectivity index (χ0v) is 8.56. The first kappa shape index (κ1) is 9.69. The molecular weight excluding hydrogens is 174 g/mol. The van der Waals surface area contributed by atoms with Crippen molar-refractivity contribution in [1.29, 1.82) is 0 Å². The summed E-state index contributed by atoms with van der Waals surface area (Å²) < 4.78 is 0. The lowest BCUT2D eigenvalue weighted by atomic mass is 9.94. The molecule has 1 N–H and O–H groups in total. The summed E-state index contributed by atoms with van der Waals surface area (Å²) in [4.78, 5) is 2.37. The van der Waals surface area contributed by atoms with Crippen molar-refractivity contribution < 1.29 is 5.11 Å². The third-order valence-corrected chi connectivity index (χ3v) is 2.92. The highest BCUT2D eigenvalue weighted by molar-refractivity contribution is 5.14. The second kappa shape index (κ2) is 4.11. The lowest BCUT2D eigenvalue weighted by Crippen LogP contribution is -2.50. The van der Waals surface area contributed by atoms with Crippen LogP contribution in [-0.2, 0) is 6.54 Å². The Morgan fingerprint density at radius 2 is 2.00 bits per heavy atom. The van der Waals surface area contributed by atoms with Gasteiger partial charge in [-0.2, -0.15) is 0 Å². The van der Waals surface area contributed by atoms with Crippen molar-refractivity contribution in [1.82, 2.24) is 4.90 Å². The fourth-order valence-electron chi connectivity index (χ4n) is 1.89. The number of aliphatic hydroxyl groups is 1. The monoisotopic (exact) mass is 191 g/mol. The average Bonchev–Trinajstić information content (AvgIpc) is 2.12. The summed E-state index contributed by atoms with van der Waals surface area (Å²) in [5.74, 6) is 0.485. The van der Waals surface area contributed by atoms with E-state index in [1.807, 2.05) is 13.0 Å².